The van der Waals surface area contributed by atoms with E-state index >= 15 is 0 Å². The molecule has 7 nitrogen and oxygen atoms in total. The SMILES string of the molecule is COc1nc(CNC(=O)CC(C)C)nc(N2CCCCC2)n1. The summed E-state index contributed by atoms with van der Waals surface area (Å²) in [6, 6.07) is 0.295. The number of aromatic nitrogens is 3. The monoisotopic (exact) mass is 307 g/mol. The van der Waals surface area contributed by atoms with Crippen molar-refractivity contribution in [2.24, 2.45) is 5.92 Å². The van der Waals surface area contributed by atoms with Crippen LogP contribution in [0.25, 0.3) is 0 Å². The van der Waals surface area contributed by atoms with Gasteiger partial charge in [-0.05, 0) is 25.2 Å². The quantitative estimate of drug-likeness (QED) is 0.858. The third-order valence-electron chi connectivity index (χ3n) is 3.51. The van der Waals surface area contributed by atoms with Crippen LogP contribution in [0.1, 0.15) is 45.4 Å². The third kappa shape index (κ3) is 4.82. The van der Waals surface area contributed by atoms with Crippen LogP contribution < -0.4 is 15.0 Å². The molecule has 1 aliphatic rings. The van der Waals surface area contributed by atoms with Crippen molar-refractivity contribution in [1.82, 2.24) is 20.3 Å². The second-order valence-corrected chi connectivity index (χ2v) is 5.96. The van der Waals surface area contributed by atoms with Crippen LogP contribution in [0.2, 0.25) is 0 Å². The minimum absolute atomic E-state index is 0.00824. The lowest BCUT2D eigenvalue weighted by Crippen LogP contribution is -2.32. The summed E-state index contributed by atoms with van der Waals surface area (Å²) in [4.78, 5) is 26.9. The molecule has 0 aromatic carbocycles. The molecular weight excluding hydrogens is 282 g/mol. The number of anilines is 1. The Balaban J connectivity index is 2.05. The highest BCUT2D eigenvalue weighted by atomic mass is 16.5. The predicted molar refractivity (Wildman–Crippen MR) is 83.7 cm³/mol. The highest BCUT2D eigenvalue weighted by Gasteiger charge is 2.16. The Hall–Kier alpha value is -1.92. The van der Waals surface area contributed by atoms with Crippen LogP contribution in [-0.2, 0) is 11.3 Å². The molecule has 1 aromatic heterocycles. The summed E-state index contributed by atoms with van der Waals surface area (Å²) in [7, 11) is 1.54. The molecule has 7 heteroatoms. The van der Waals surface area contributed by atoms with Gasteiger partial charge in [0.15, 0.2) is 5.82 Å². The van der Waals surface area contributed by atoms with E-state index in [1.807, 2.05) is 13.8 Å². The van der Waals surface area contributed by atoms with E-state index in [1.165, 1.54) is 13.5 Å². The normalized spacial score (nSPS) is 15.0. The summed E-state index contributed by atoms with van der Waals surface area (Å²) >= 11 is 0. The van der Waals surface area contributed by atoms with Gasteiger partial charge in [-0.15, -0.1) is 0 Å². The molecule has 1 aromatic rings. The van der Waals surface area contributed by atoms with Crippen molar-refractivity contribution in [3.8, 4) is 6.01 Å². The van der Waals surface area contributed by atoms with Gasteiger partial charge < -0.3 is 15.0 Å². The fourth-order valence-corrected chi connectivity index (χ4v) is 2.41. The van der Waals surface area contributed by atoms with Crippen molar-refractivity contribution in [1.29, 1.82) is 0 Å². The topological polar surface area (TPSA) is 80.2 Å². The van der Waals surface area contributed by atoms with E-state index in [9.17, 15) is 4.79 Å². The summed E-state index contributed by atoms with van der Waals surface area (Å²) in [5, 5.41) is 2.85. The molecule has 1 amide bonds. The van der Waals surface area contributed by atoms with Crippen molar-refractivity contribution in [2.45, 2.75) is 46.1 Å². The molecule has 122 valence electrons. The van der Waals surface area contributed by atoms with Gasteiger partial charge in [0.05, 0.1) is 13.7 Å². The van der Waals surface area contributed by atoms with Gasteiger partial charge in [-0.3, -0.25) is 4.79 Å². The zero-order chi connectivity index (χ0) is 15.9. The van der Waals surface area contributed by atoms with Crippen LogP contribution in [0.4, 0.5) is 5.95 Å². The van der Waals surface area contributed by atoms with E-state index in [4.69, 9.17) is 4.74 Å². The fourth-order valence-electron chi connectivity index (χ4n) is 2.41. The van der Waals surface area contributed by atoms with Crippen LogP contribution in [0.5, 0.6) is 6.01 Å². The first-order valence-electron chi connectivity index (χ1n) is 7.89. The van der Waals surface area contributed by atoms with E-state index in [0.29, 0.717) is 36.7 Å². The Labute approximate surface area is 131 Å². The van der Waals surface area contributed by atoms with Crippen LogP contribution in [0, 0.1) is 5.92 Å². The summed E-state index contributed by atoms with van der Waals surface area (Å²) < 4.78 is 5.16. The van der Waals surface area contributed by atoms with Gasteiger partial charge in [-0.1, -0.05) is 13.8 Å². The molecule has 22 heavy (non-hydrogen) atoms. The van der Waals surface area contributed by atoms with Crippen LogP contribution >= 0.6 is 0 Å². The Morgan fingerprint density at radius 2 is 1.95 bits per heavy atom. The smallest absolute Gasteiger partial charge is 0.321 e. The number of nitrogens with one attached hydrogen (secondary N) is 1. The second-order valence-electron chi connectivity index (χ2n) is 5.96. The Bertz CT molecular complexity index is 501. The molecule has 2 rings (SSSR count). The summed E-state index contributed by atoms with van der Waals surface area (Å²) in [5.74, 6) is 1.51. The number of hydrogen-bond donors (Lipinski definition) is 1. The number of carbonyl (C=O) groups is 1. The van der Waals surface area contributed by atoms with Crippen LogP contribution in [0.15, 0.2) is 0 Å². The van der Waals surface area contributed by atoms with E-state index < -0.39 is 0 Å². The van der Waals surface area contributed by atoms with Gasteiger partial charge in [-0.2, -0.15) is 15.0 Å². The first kappa shape index (κ1) is 16.5. The summed E-state index contributed by atoms with van der Waals surface area (Å²) in [6.07, 6.45) is 4.04. The summed E-state index contributed by atoms with van der Waals surface area (Å²) in [5.41, 5.74) is 0. The average Bonchev–Trinajstić information content (AvgIpc) is 2.53. The van der Waals surface area contributed by atoms with Gasteiger partial charge in [0.25, 0.3) is 0 Å². The number of rotatable bonds is 6. The molecule has 0 saturated carbocycles. The first-order chi connectivity index (χ1) is 10.6. The minimum atomic E-state index is 0.00824. The highest BCUT2D eigenvalue weighted by Crippen LogP contribution is 2.17. The van der Waals surface area contributed by atoms with Crippen molar-refractivity contribution in [3.63, 3.8) is 0 Å². The maximum atomic E-state index is 11.7. The fraction of sp³-hybridized carbons (Fsp3) is 0.733. The van der Waals surface area contributed by atoms with Gasteiger partial charge in [0.2, 0.25) is 11.9 Å². The highest BCUT2D eigenvalue weighted by molar-refractivity contribution is 5.75. The Morgan fingerprint density at radius 1 is 1.23 bits per heavy atom. The largest absolute Gasteiger partial charge is 0.467 e. The number of hydrogen-bond acceptors (Lipinski definition) is 6. The molecular formula is C15H25N5O2. The Kier molecular flexibility index (Phi) is 5.91. The standard InChI is InChI=1S/C15H25N5O2/c1-11(2)9-13(21)16-10-12-17-14(19-15(18-12)22-3)20-7-5-4-6-8-20/h11H,4-10H2,1-3H3,(H,16,21). The molecule has 0 unspecified atom stereocenters. The molecule has 0 radical (unpaired) electrons. The second kappa shape index (κ2) is 7.91. The van der Waals surface area contributed by atoms with Gasteiger partial charge in [0, 0.05) is 19.5 Å². The van der Waals surface area contributed by atoms with E-state index in [2.05, 4.69) is 25.2 Å². The number of piperidine rings is 1. The number of nitrogens with zero attached hydrogens (tertiary/aromatic N) is 4. The predicted octanol–water partition coefficient (Wildman–Crippen LogP) is 1.53. The lowest BCUT2D eigenvalue weighted by Gasteiger charge is -2.26. The van der Waals surface area contributed by atoms with Crippen molar-refractivity contribution in [2.75, 3.05) is 25.1 Å². The molecule has 1 saturated heterocycles. The number of amides is 1. The molecule has 1 aliphatic heterocycles. The molecule has 2 heterocycles. The van der Waals surface area contributed by atoms with Crippen molar-refractivity contribution < 1.29 is 9.53 Å². The van der Waals surface area contributed by atoms with E-state index in [1.54, 1.807) is 0 Å². The van der Waals surface area contributed by atoms with E-state index in [0.717, 1.165) is 25.9 Å². The lowest BCUT2D eigenvalue weighted by atomic mass is 10.1. The van der Waals surface area contributed by atoms with Gasteiger partial charge in [-0.25, -0.2) is 0 Å². The molecule has 0 atom stereocenters. The zero-order valence-electron chi connectivity index (χ0n) is 13.6. The van der Waals surface area contributed by atoms with Crippen LogP contribution in [0.3, 0.4) is 0 Å². The van der Waals surface area contributed by atoms with E-state index in [-0.39, 0.29) is 5.91 Å². The Morgan fingerprint density at radius 3 is 2.59 bits per heavy atom. The summed E-state index contributed by atoms with van der Waals surface area (Å²) in [6.45, 7) is 6.23. The van der Waals surface area contributed by atoms with Gasteiger partial charge >= 0.3 is 6.01 Å². The van der Waals surface area contributed by atoms with Crippen LogP contribution in [-0.4, -0.2) is 41.1 Å². The molecule has 0 aliphatic carbocycles. The zero-order valence-corrected chi connectivity index (χ0v) is 13.6. The van der Waals surface area contributed by atoms with Crippen molar-refractivity contribution >= 4 is 11.9 Å². The first-order valence-corrected chi connectivity index (χ1v) is 7.89. The molecule has 0 bridgehead atoms. The minimum Gasteiger partial charge on any atom is -0.467 e. The molecule has 0 spiro atoms. The molecule has 1 N–H and O–H groups in total. The molecule has 1 fully saturated rings. The number of ether oxygens (including phenoxy) is 1. The van der Waals surface area contributed by atoms with Gasteiger partial charge in [0.1, 0.15) is 0 Å². The third-order valence-corrected chi connectivity index (χ3v) is 3.51. The lowest BCUT2D eigenvalue weighted by molar-refractivity contribution is -0.122. The number of methoxy groups -OCH3 is 1. The maximum Gasteiger partial charge on any atom is 0.321 e. The maximum absolute atomic E-state index is 11.7. The van der Waals surface area contributed by atoms with Crippen molar-refractivity contribution in [3.05, 3.63) is 5.82 Å². The average molecular weight is 307 g/mol. The number of carbonyl (C=O) groups excluding carboxylic acids is 1.